The van der Waals surface area contributed by atoms with Gasteiger partial charge in [-0.25, -0.2) is 4.68 Å². The number of amides is 1. The molecule has 3 heterocycles. The first kappa shape index (κ1) is 24.5. The van der Waals surface area contributed by atoms with E-state index < -0.39 is 0 Å². The van der Waals surface area contributed by atoms with E-state index in [2.05, 4.69) is 17.0 Å². The molecule has 190 valence electrons. The summed E-state index contributed by atoms with van der Waals surface area (Å²) in [6.45, 7) is 7.62. The first-order valence-corrected chi connectivity index (χ1v) is 13.0. The Morgan fingerprint density at radius 3 is 2.75 bits per heavy atom. The summed E-state index contributed by atoms with van der Waals surface area (Å²) in [5.41, 5.74) is 6.12. The molecule has 1 amide bonds. The number of hydrogen-bond acceptors (Lipinski definition) is 5. The Bertz CT molecular complexity index is 1210. The maximum atomic E-state index is 13.5. The molecule has 2 aliphatic rings. The zero-order valence-corrected chi connectivity index (χ0v) is 21.3. The average Bonchev–Trinajstić information content (AvgIpc) is 3.06. The molecule has 0 spiro atoms. The number of ether oxygens (including phenoxy) is 1. The van der Waals surface area contributed by atoms with Crippen molar-refractivity contribution in [3.05, 3.63) is 76.6 Å². The molecule has 1 atom stereocenters. The second-order valence-corrected chi connectivity index (χ2v) is 9.98. The van der Waals surface area contributed by atoms with E-state index >= 15 is 0 Å². The number of rotatable bonds is 6. The molecule has 36 heavy (non-hydrogen) atoms. The van der Waals surface area contributed by atoms with Gasteiger partial charge in [0.15, 0.2) is 0 Å². The molecule has 0 radical (unpaired) electrons. The average molecular weight is 489 g/mol. The molecule has 0 saturated carbocycles. The fraction of sp³-hybridized carbons (Fsp3) is 0.448. The lowest BCUT2D eigenvalue weighted by Crippen LogP contribution is -2.41. The minimum Gasteiger partial charge on any atom is -0.491 e. The highest BCUT2D eigenvalue weighted by Crippen LogP contribution is 2.27. The molecule has 7 heteroatoms. The summed E-state index contributed by atoms with van der Waals surface area (Å²) in [5.74, 6) is 0.947. The Hall–Kier alpha value is -3.16. The molecule has 3 aromatic rings. The molecule has 1 aromatic heterocycles. The van der Waals surface area contributed by atoms with Crippen molar-refractivity contribution in [3.8, 4) is 11.4 Å². The molecule has 2 aliphatic heterocycles. The lowest BCUT2D eigenvalue weighted by molar-refractivity contribution is -0.131. The minimum atomic E-state index is 0.0899. The summed E-state index contributed by atoms with van der Waals surface area (Å²) in [7, 11) is 0. The molecular weight excluding hydrogens is 452 g/mol. The summed E-state index contributed by atoms with van der Waals surface area (Å²) in [5, 5.41) is 14.5. The largest absolute Gasteiger partial charge is 0.491 e. The summed E-state index contributed by atoms with van der Waals surface area (Å²) < 4.78 is 7.93. The predicted octanol–water partition coefficient (Wildman–Crippen LogP) is 3.80. The highest BCUT2D eigenvalue weighted by Gasteiger charge is 2.25. The van der Waals surface area contributed by atoms with Gasteiger partial charge < -0.3 is 14.7 Å². The lowest BCUT2D eigenvalue weighted by Gasteiger charge is -2.34. The standard InChI is InChI=1S/C29H36N4O3/c1-21-27(22(2)33(30-21)25-8-4-3-5-9-25)17-29(35)32-14-15-36-28-12-11-23(16-24(28)19-32)18-31-13-7-6-10-26(31)20-34/h3-5,8-9,11-12,16,26,34H,6-7,10,13-15,17-20H2,1-2H3/t26-/m1/s1. The molecule has 5 rings (SSSR count). The van der Waals surface area contributed by atoms with E-state index in [1.165, 1.54) is 18.4 Å². The second kappa shape index (κ2) is 10.8. The Balaban J connectivity index is 1.31. The SMILES string of the molecule is Cc1nn(-c2ccccc2)c(C)c1CC(=O)N1CCOc2ccc(CN3CCCC[C@@H]3CO)cc2C1. The normalized spacial score (nSPS) is 18.4. The zero-order valence-electron chi connectivity index (χ0n) is 21.3. The number of benzene rings is 2. The van der Waals surface area contributed by atoms with Crippen LogP contribution < -0.4 is 4.74 Å². The summed E-state index contributed by atoms with van der Waals surface area (Å²) in [6, 6.07) is 16.6. The molecule has 1 N–H and O–H groups in total. The van der Waals surface area contributed by atoms with Gasteiger partial charge in [-0.3, -0.25) is 9.69 Å². The van der Waals surface area contributed by atoms with Gasteiger partial charge in [-0.2, -0.15) is 5.10 Å². The topological polar surface area (TPSA) is 70.8 Å². The molecule has 7 nitrogen and oxygen atoms in total. The van der Waals surface area contributed by atoms with Crippen LogP contribution in [-0.4, -0.2) is 62.9 Å². The van der Waals surface area contributed by atoms with Gasteiger partial charge in [-0.1, -0.05) is 30.7 Å². The van der Waals surface area contributed by atoms with E-state index in [1.807, 2.05) is 59.8 Å². The number of aliphatic hydroxyl groups excluding tert-OH is 1. The number of piperidine rings is 1. The van der Waals surface area contributed by atoms with Crippen LogP contribution in [0.5, 0.6) is 5.75 Å². The van der Waals surface area contributed by atoms with Crippen molar-refractivity contribution >= 4 is 5.91 Å². The van der Waals surface area contributed by atoms with E-state index in [0.717, 1.165) is 53.5 Å². The molecule has 0 aliphatic carbocycles. The fourth-order valence-corrected chi connectivity index (χ4v) is 5.48. The van der Waals surface area contributed by atoms with Crippen molar-refractivity contribution in [2.24, 2.45) is 0 Å². The maximum Gasteiger partial charge on any atom is 0.227 e. The van der Waals surface area contributed by atoms with Gasteiger partial charge in [0.1, 0.15) is 12.4 Å². The Kier molecular flexibility index (Phi) is 7.39. The number of para-hydroxylation sites is 1. The van der Waals surface area contributed by atoms with Crippen LogP contribution in [0.25, 0.3) is 5.69 Å². The molecule has 0 bridgehead atoms. The maximum absolute atomic E-state index is 13.5. The van der Waals surface area contributed by atoms with Crippen LogP contribution in [0, 0.1) is 13.8 Å². The van der Waals surface area contributed by atoms with Crippen molar-refractivity contribution in [3.63, 3.8) is 0 Å². The summed E-state index contributed by atoms with van der Waals surface area (Å²) in [4.78, 5) is 17.7. The molecule has 1 fully saturated rings. The third-order valence-electron chi connectivity index (χ3n) is 7.57. The molecule has 1 saturated heterocycles. The lowest BCUT2D eigenvalue weighted by atomic mass is 10.0. The second-order valence-electron chi connectivity index (χ2n) is 9.98. The van der Waals surface area contributed by atoms with Gasteiger partial charge in [-0.15, -0.1) is 0 Å². The van der Waals surface area contributed by atoms with Gasteiger partial charge in [-0.05, 0) is 63.1 Å². The number of hydrogen-bond donors (Lipinski definition) is 1. The Morgan fingerprint density at radius 2 is 1.94 bits per heavy atom. The number of aryl methyl sites for hydroxylation is 1. The highest BCUT2D eigenvalue weighted by molar-refractivity contribution is 5.79. The quantitative estimate of drug-likeness (QED) is 0.572. The smallest absolute Gasteiger partial charge is 0.227 e. The molecule has 0 unspecified atom stereocenters. The van der Waals surface area contributed by atoms with Crippen LogP contribution in [0.2, 0.25) is 0 Å². The number of fused-ring (bicyclic) bond motifs is 1. The fourth-order valence-electron chi connectivity index (χ4n) is 5.48. The molecule has 2 aromatic carbocycles. The highest BCUT2D eigenvalue weighted by atomic mass is 16.5. The third-order valence-corrected chi connectivity index (χ3v) is 7.57. The number of aromatic nitrogens is 2. The molecular formula is C29H36N4O3. The summed E-state index contributed by atoms with van der Waals surface area (Å²) in [6.07, 6.45) is 3.73. The van der Waals surface area contributed by atoms with Crippen molar-refractivity contribution in [2.75, 3.05) is 26.3 Å². The van der Waals surface area contributed by atoms with E-state index in [4.69, 9.17) is 9.84 Å². The van der Waals surface area contributed by atoms with E-state index in [1.54, 1.807) is 0 Å². The number of likely N-dealkylation sites (tertiary alicyclic amines) is 1. The van der Waals surface area contributed by atoms with Crippen molar-refractivity contribution in [2.45, 2.75) is 58.7 Å². The van der Waals surface area contributed by atoms with Gasteiger partial charge >= 0.3 is 0 Å². The van der Waals surface area contributed by atoms with E-state index in [-0.39, 0.29) is 18.6 Å². The van der Waals surface area contributed by atoms with Crippen LogP contribution in [0.1, 0.15) is 47.3 Å². The van der Waals surface area contributed by atoms with Crippen molar-refractivity contribution in [1.82, 2.24) is 19.6 Å². The van der Waals surface area contributed by atoms with Crippen LogP contribution in [0.4, 0.5) is 0 Å². The van der Waals surface area contributed by atoms with Gasteiger partial charge in [0, 0.05) is 36.0 Å². The predicted molar refractivity (Wildman–Crippen MR) is 139 cm³/mol. The van der Waals surface area contributed by atoms with Crippen molar-refractivity contribution in [1.29, 1.82) is 0 Å². The van der Waals surface area contributed by atoms with E-state index in [9.17, 15) is 9.90 Å². The minimum absolute atomic E-state index is 0.0899. The number of carbonyl (C=O) groups is 1. The first-order chi connectivity index (χ1) is 17.5. The van der Waals surface area contributed by atoms with Crippen LogP contribution in [0.15, 0.2) is 48.5 Å². The van der Waals surface area contributed by atoms with E-state index in [0.29, 0.717) is 26.1 Å². The van der Waals surface area contributed by atoms with Gasteiger partial charge in [0.25, 0.3) is 0 Å². The Morgan fingerprint density at radius 1 is 1.11 bits per heavy atom. The Labute approximate surface area is 213 Å². The summed E-state index contributed by atoms with van der Waals surface area (Å²) >= 11 is 0. The number of nitrogens with zero attached hydrogens (tertiary/aromatic N) is 4. The van der Waals surface area contributed by atoms with Gasteiger partial charge in [0.05, 0.1) is 31.0 Å². The number of carbonyl (C=O) groups excluding carboxylic acids is 1. The van der Waals surface area contributed by atoms with Crippen LogP contribution in [0.3, 0.4) is 0 Å². The first-order valence-electron chi connectivity index (χ1n) is 13.0. The monoisotopic (exact) mass is 488 g/mol. The zero-order chi connectivity index (χ0) is 25.1. The van der Waals surface area contributed by atoms with Crippen LogP contribution in [-0.2, 0) is 24.3 Å². The number of aliphatic hydroxyl groups is 1. The van der Waals surface area contributed by atoms with Crippen LogP contribution >= 0.6 is 0 Å². The third kappa shape index (κ3) is 5.18. The van der Waals surface area contributed by atoms with Crippen molar-refractivity contribution < 1.29 is 14.6 Å². The van der Waals surface area contributed by atoms with Gasteiger partial charge in [0.2, 0.25) is 5.91 Å².